The largest absolute Gasteiger partial charge is 0.387 e. The number of hydrogen-bond donors (Lipinski definition) is 2. The van der Waals surface area contributed by atoms with Crippen molar-refractivity contribution >= 4 is 11.6 Å². The number of hydrogen-bond acceptors (Lipinski definition) is 3. The normalized spacial score (nSPS) is 51.7. The number of rotatable bonds is 0. The lowest BCUT2D eigenvalue weighted by molar-refractivity contribution is 0.0263. The zero-order chi connectivity index (χ0) is 7.30. The fraction of sp³-hybridized carbons (Fsp3) is 0.667. The van der Waals surface area contributed by atoms with Crippen molar-refractivity contribution in [1.29, 1.82) is 0 Å². The highest BCUT2D eigenvalue weighted by molar-refractivity contribution is 6.30. The van der Waals surface area contributed by atoms with Crippen LogP contribution in [0.25, 0.3) is 0 Å². The molecule has 1 aliphatic carbocycles. The second kappa shape index (κ2) is 1.95. The predicted molar refractivity (Wildman–Crippen MR) is 34.6 cm³/mol. The molecule has 4 unspecified atom stereocenters. The van der Waals surface area contributed by atoms with E-state index in [2.05, 4.69) is 0 Å². The quantitative estimate of drug-likeness (QED) is 0.477. The molecule has 0 saturated carbocycles. The van der Waals surface area contributed by atoms with Crippen molar-refractivity contribution in [3.8, 4) is 0 Å². The van der Waals surface area contributed by atoms with Crippen LogP contribution in [0.15, 0.2) is 11.1 Å². The zero-order valence-corrected chi connectivity index (χ0v) is 5.82. The van der Waals surface area contributed by atoms with Gasteiger partial charge in [0.1, 0.15) is 24.4 Å². The standard InChI is InChI=1S/C6H7ClO3/c7-2-1-3-6(10-3)5(9)4(2)8/h1,3-6,8-9H. The topological polar surface area (TPSA) is 53.0 Å². The van der Waals surface area contributed by atoms with E-state index < -0.39 is 12.2 Å². The lowest BCUT2D eigenvalue weighted by atomic mass is 10.0. The molecule has 4 atom stereocenters. The van der Waals surface area contributed by atoms with E-state index in [-0.39, 0.29) is 17.2 Å². The molecule has 1 heterocycles. The molecule has 0 aromatic rings. The molecule has 2 aliphatic rings. The molecule has 1 saturated heterocycles. The van der Waals surface area contributed by atoms with Gasteiger partial charge in [0.15, 0.2) is 0 Å². The fourth-order valence-electron chi connectivity index (χ4n) is 1.14. The summed E-state index contributed by atoms with van der Waals surface area (Å²) < 4.78 is 4.96. The molecule has 1 fully saturated rings. The molecule has 0 radical (unpaired) electrons. The van der Waals surface area contributed by atoms with Gasteiger partial charge in [0.25, 0.3) is 0 Å². The first-order valence-corrected chi connectivity index (χ1v) is 3.47. The van der Waals surface area contributed by atoms with Gasteiger partial charge in [-0.1, -0.05) is 11.6 Å². The molecule has 0 spiro atoms. The van der Waals surface area contributed by atoms with E-state index in [1.54, 1.807) is 6.08 Å². The highest BCUT2D eigenvalue weighted by atomic mass is 35.5. The van der Waals surface area contributed by atoms with E-state index in [9.17, 15) is 0 Å². The number of aliphatic hydroxyl groups is 2. The average Bonchev–Trinajstić information content (AvgIpc) is 2.62. The van der Waals surface area contributed by atoms with Crippen LogP contribution < -0.4 is 0 Å². The van der Waals surface area contributed by atoms with Gasteiger partial charge in [0.05, 0.1) is 0 Å². The molecule has 56 valence electrons. The molecule has 4 heteroatoms. The fourth-order valence-corrected chi connectivity index (χ4v) is 1.40. The van der Waals surface area contributed by atoms with Crippen LogP contribution in [0.2, 0.25) is 0 Å². The molecule has 1 aliphatic heterocycles. The summed E-state index contributed by atoms with van der Waals surface area (Å²) in [7, 11) is 0. The Morgan fingerprint density at radius 1 is 1.50 bits per heavy atom. The first-order chi connectivity index (χ1) is 4.70. The highest BCUT2D eigenvalue weighted by Gasteiger charge is 2.50. The van der Waals surface area contributed by atoms with Crippen molar-refractivity contribution in [2.24, 2.45) is 0 Å². The third-order valence-electron chi connectivity index (χ3n) is 1.83. The number of fused-ring (bicyclic) bond motifs is 1. The van der Waals surface area contributed by atoms with Gasteiger partial charge in [0.2, 0.25) is 0 Å². The minimum Gasteiger partial charge on any atom is -0.387 e. The lowest BCUT2D eigenvalue weighted by Gasteiger charge is -2.17. The molecule has 0 bridgehead atoms. The van der Waals surface area contributed by atoms with Gasteiger partial charge < -0.3 is 14.9 Å². The maximum absolute atomic E-state index is 9.16. The monoisotopic (exact) mass is 162 g/mol. The SMILES string of the molecule is OC1C(Cl)=CC2OC2C1O. The van der Waals surface area contributed by atoms with Crippen molar-refractivity contribution in [3.05, 3.63) is 11.1 Å². The van der Waals surface area contributed by atoms with Crippen molar-refractivity contribution in [1.82, 2.24) is 0 Å². The Morgan fingerprint density at radius 2 is 2.20 bits per heavy atom. The number of aliphatic hydroxyl groups excluding tert-OH is 2. The summed E-state index contributed by atoms with van der Waals surface area (Å²) >= 11 is 5.55. The minimum absolute atomic E-state index is 0.0640. The van der Waals surface area contributed by atoms with Crippen LogP contribution in [0.5, 0.6) is 0 Å². The second-order valence-corrected chi connectivity index (χ2v) is 2.99. The third kappa shape index (κ3) is 0.787. The summed E-state index contributed by atoms with van der Waals surface area (Å²) in [6.07, 6.45) is -0.458. The van der Waals surface area contributed by atoms with Crippen molar-refractivity contribution in [2.75, 3.05) is 0 Å². The van der Waals surface area contributed by atoms with Crippen molar-refractivity contribution in [2.45, 2.75) is 24.4 Å². The molecular weight excluding hydrogens is 156 g/mol. The van der Waals surface area contributed by atoms with Crippen molar-refractivity contribution < 1.29 is 14.9 Å². The Labute approximate surface area is 62.9 Å². The lowest BCUT2D eigenvalue weighted by Crippen LogP contribution is -2.34. The van der Waals surface area contributed by atoms with Gasteiger partial charge >= 0.3 is 0 Å². The Bertz CT molecular complexity index is 191. The number of ether oxygens (including phenoxy) is 1. The van der Waals surface area contributed by atoms with Gasteiger partial charge in [-0.3, -0.25) is 0 Å². The van der Waals surface area contributed by atoms with E-state index in [0.717, 1.165) is 0 Å². The average molecular weight is 163 g/mol. The van der Waals surface area contributed by atoms with Gasteiger partial charge in [-0.2, -0.15) is 0 Å². The first-order valence-electron chi connectivity index (χ1n) is 3.09. The first kappa shape index (κ1) is 6.61. The van der Waals surface area contributed by atoms with Gasteiger partial charge in [-0.05, 0) is 6.08 Å². The Balaban J connectivity index is 2.23. The van der Waals surface area contributed by atoms with E-state index in [4.69, 9.17) is 26.6 Å². The Morgan fingerprint density at radius 3 is 2.90 bits per heavy atom. The van der Waals surface area contributed by atoms with Gasteiger partial charge in [0, 0.05) is 5.03 Å². The maximum Gasteiger partial charge on any atom is 0.118 e. The van der Waals surface area contributed by atoms with E-state index in [1.807, 2.05) is 0 Å². The molecule has 2 rings (SSSR count). The van der Waals surface area contributed by atoms with Crippen LogP contribution >= 0.6 is 11.6 Å². The Hall–Kier alpha value is -0.0900. The highest BCUT2D eigenvalue weighted by Crippen LogP contribution is 2.36. The molecule has 0 aromatic carbocycles. The van der Waals surface area contributed by atoms with Gasteiger partial charge in [-0.25, -0.2) is 0 Å². The number of halogens is 1. The zero-order valence-electron chi connectivity index (χ0n) is 5.07. The van der Waals surface area contributed by atoms with Crippen LogP contribution in [0.4, 0.5) is 0 Å². The van der Waals surface area contributed by atoms with E-state index in [1.165, 1.54) is 0 Å². The van der Waals surface area contributed by atoms with Gasteiger partial charge in [-0.15, -0.1) is 0 Å². The molecule has 3 nitrogen and oxygen atoms in total. The van der Waals surface area contributed by atoms with Crippen molar-refractivity contribution in [3.63, 3.8) is 0 Å². The Kier molecular flexibility index (Phi) is 1.29. The summed E-state index contributed by atoms with van der Waals surface area (Å²) in [5.41, 5.74) is 0. The predicted octanol–water partition coefficient (Wildman–Crippen LogP) is -0.388. The number of epoxide rings is 1. The summed E-state index contributed by atoms with van der Waals surface area (Å²) in [4.78, 5) is 0. The van der Waals surface area contributed by atoms with Crippen LogP contribution in [0.1, 0.15) is 0 Å². The minimum atomic E-state index is -0.953. The maximum atomic E-state index is 9.16. The summed E-state index contributed by atoms with van der Waals surface area (Å²) in [5.74, 6) is 0. The van der Waals surface area contributed by atoms with E-state index in [0.29, 0.717) is 0 Å². The summed E-state index contributed by atoms with van der Waals surface area (Å²) in [6.45, 7) is 0. The second-order valence-electron chi connectivity index (χ2n) is 2.55. The molecule has 0 amide bonds. The summed E-state index contributed by atoms with van der Waals surface area (Å²) in [5, 5.41) is 18.6. The third-order valence-corrected chi connectivity index (χ3v) is 2.18. The van der Waals surface area contributed by atoms with Crippen LogP contribution in [0, 0.1) is 0 Å². The molecule has 0 aromatic heterocycles. The molecule has 10 heavy (non-hydrogen) atoms. The van der Waals surface area contributed by atoms with Crippen LogP contribution in [0.3, 0.4) is 0 Å². The van der Waals surface area contributed by atoms with Crippen LogP contribution in [-0.4, -0.2) is 34.6 Å². The van der Waals surface area contributed by atoms with E-state index >= 15 is 0 Å². The molecule has 2 N–H and O–H groups in total. The molecular formula is C6H7ClO3. The smallest absolute Gasteiger partial charge is 0.118 e. The summed E-state index contributed by atoms with van der Waals surface area (Å²) in [6, 6.07) is 0. The van der Waals surface area contributed by atoms with Crippen LogP contribution in [-0.2, 0) is 4.74 Å².